The van der Waals surface area contributed by atoms with E-state index in [-0.39, 0.29) is 5.43 Å². The summed E-state index contributed by atoms with van der Waals surface area (Å²) in [4.78, 5) is 23.8. The number of aryl methyl sites for hydroxylation is 1. The van der Waals surface area contributed by atoms with E-state index in [2.05, 4.69) is 15.9 Å². The van der Waals surface area contributed by atoms with Crippen molar-refractivity contribution in [2.75, 3.05) is 0 Å². The summed E-state index contributed by atoms with van der Waals surface area (Å²) in [7, 11) is 0. The summed E-state index contributed by atoms with van der Waals surface area (Å²) < 4.78 is 11.7. The molecule has 0 unspecified atom stereocenters. The Morgan fingerprint density at radius 2 is 1.83 bits per heavy atom. The molecule has 0 radical (unpaired) electrons. The highest BCUT2D eigenvalue weighted by Crippen LogP contribution is 2.27. The molecule has 3 aromatic rings. The van der Waals surface area contributed by atoms with E-state index in [0.29, 0.717) is 28.0 Å². The Hall–Kier alpha value is -2.40. The first kappa shape index (κ1) is 15.5. The third kappa shape index (κ3) is 3.05. The zero-order chi connectivity index (χ0) is 16.6. The highest BCUT2D eigenvalue weighted by Gasteiger charge is 2.14. The molecule has 0 bridgehead atoms. The number of carbonyl (C=O) groups excluding carboxylic acids is 1. The molecule has 0 atom stereocenters. The van der Waals surface area contributed by atoms with E-state index >= 15 is 0 Å². The van der Waals surface area contributed by atoms with Gasteiger partial charge in [0.2, 0.25) is 5.43 Å². The molecule has 0 amide bonds. The maximum absolute atomic E-state index is 12.8. The van der Waals surface area contributed by atoms with E-state index in [0.717, 1.165) is 10.0 Å². The van der Waals surface area contributed by atoms with Crippen LogP contribution in [-0.2, 0) is 4.79 Å². The van der Waals surface area contributed by atoms with Gasteiger partial charge in [-0.25, -0.2) is 0 Å². The smallest absolute Gasteiger partial charge is 0.308 e. The molecule has 1 heterocycles. The van der Waals surface area contributed by atoms with Crippen LogP contribution < -0.4 is 10.2 Å². The summed E-state index contributed by atoms with van der Waals surface area (Å²) in [6.07, 6.45) is 0. The minimum absolute atomic E-state index is 0.111. The van der Waals surface area contributed by atoms with Crippen LogP contribution in [0.15, 0.2) is 56.1 Å². The van der Waals surface area contributed by atoms with Crippen molar-refractivity contribution >= 4 is 32.9 Å². The van der Waals surface area contributed by atoms with Crippen molar-refractivity contribution < 1.29 is 13.9 Å². The Labute approximate surface area is 140 Å². The van der Waals surface area contributed by atoms with E-state index in [9.17, 15) is 9.59 Å². The van der Waals surface area contributed by atoms with Gasteiger partial charge >= 0.3 is 5.97 Å². The summed E-state index contributed by atoms with van der Waals surface area (Å²) in [5.41, 5.74) is 1.61. The van der Waals surface area contributed by atoms with Crippen LogP contribution in [0.2, 0.25) is 0 Å². The molecule has 0 N–H and O–H groups in total. The van der Waals surface area contributed by atoms with E-state index in [1.807, 2.05) is 24.3 Å². The Morgan fingerprint density at radius 3 is 2.48 bits per heavy atom. The van der Waals surface area contributed by atoms with Crippen LogP contribution in [0, 0.1) is 6.92 Å². The molecule has 0 saturated heterocycles. The molecule has 5 heteroatoms. The fraction of sp³-hybridized carbons (Fsp3) is 0.111. The van der Waals surface area contributed by atoms with Crippen LogP contribution >= 0.6 is 15.9 Å². The number of fused-ring (bicyclic) bond motifs is 1. The van der Waals surface area contributed by atoms with Gasteiger partial charge in [-0.2, -0.15) is 0 Å². The summed E-state index contributed by atoms with van der Waals surface area (Å²) in [6.45, 7) is 3.07. The first-order valence-electron chi connectivity index (χ1n) is 6.97. The standard InChI is InChI=1S/C18H13BrO4/c1-10-17(12-3-5-13(19)6-4-12)18(21)15-8-7-14(23-11(2)20)9-16(15)22-10/h3-9H,1-2H3. The summed E-state index contributed by atoms with van der Waals surface area (Å²) in [6, 6.07) is 12.2. The average molecular weight is 373 g/mol. The fourth-order valence-electron chi connectivity index (χ4n) is 2.47. The number of rotatable bonds is 2. The summed E-state index contributed by atoms with van der Waals surface area (Å²) >= 11 is 3.38. The van der Waals surface area contributed by atoms with Gasteiger partial charge < -0.3 is 9.15 Å². The van der Waals surface area contributed by atoms with E-state index in [1.54, 1.807) is 25.1 Å². The predicted octanol–water partition coefficient (Wildman–Crippen LogP) is 4.46. The third-order valence-electron chi connectivity index (χ3n) is 3.43. The number of benzene rings is 2. The SMILES string of the molecule is CC(=O)Oc1ccc2c(=O)c(-c3ccc(Br)cc3)c(C)oc2c1. The lowest BCUT2D eigenvalue weighted by Gasteiger charge is -2.08. The molecule has 0 fully saturated rings. The van der Waals surface area contributed by atoms with Gasteiger partial charge in [-0.05, 0) is 36.8 Å². The molecule has 0 aliphatic rings. The van der Waals surface area contributed by atoms with Crippen LogP contribution in [0.1, 0.15) is 12.7 Å². The number of ether oxygens (including phenoxy) is 1. The summed E-state index contributed by atoms with van der Waals surface area (Å²) in [5.74, 6) is 0.448. The first-order valence-corrected chi connectivity index (χ1v) is 7.77. The van der Waals surface area contributed by atoms with E-state index in [1.165, 1.54) is 6.92 Å². The van der Waals surface area contributed by atoms with Gasteiger partial charge in [-0.3, -0.25) is 9.59 Å². The predicted molar refractivity (Wildman–Crippen MR) is 91.7 cm³/mol. The van der Waals surface area contributed by atoms with E-state index < -0.39 is 5.97 Å². The maximum atomic E-state index is 12.8. The lowest BCUT2D eigenvalue weighted by molar-refractivity contribution is -0.131. The number of hydrogen-bond donors (Lipinski definition) is 0. The van der Waals surface area contributed by atoms with Gasteiger partial charge in [-0.15, -0.1) is 0 Å². The van der Waals surface area contributed by atoms with Crippen LogP contribution in [-0.4, -0.2) is 5.97 Å². The second kappa shape index (κ2) is 6.01. The topological polar surface area (TPSA) is 56.5 Å². The lowest BCUT2D eigenvalue weighted by atomic mass is 10.0. The molecule has 1 aromatic heterocycles. The molecular weight excluding hydrogens is 360 g/mol. The molecule has 0 aliphatic carbocycles. The second-order valence-electron chi connectivity index (χ2n) is 5.12. The largest absolute Gasteiger partial charge is 0.460 e. The van der Waals surface area contributed by atoms with Crippen LogP contribution in [0.3, 0.4) is 0 Å². The van der Waals surface area contributed by atoms with Crippen molar-refractivity contribution in [2.45, 2.75) is 13.8 Å². The van der Waals surface area contributed by atoms with Gasteiger partial charge in [0.25, 0.3) is 0 Å². The number of carbonyl (C=O) groups is 1. The van der Waals surface area contributed by atoms with Crippen LogP contribution in [0.25, 0.3) is 22.1 Å². The molecule has 0 saturated carbocycles. The Kier molecular flexibility index (Phi) is 4.05. The normalized spacial score (nSPS) is 10.7. The molecule has 0 spiro atoms. The van der Waals surface area contributed by atoms with Gasteiger partial charge in [0.15, 0.2) is 0 Å². The Balaban J connectivity index is 2.20. The minimum Gasteiger partial charge on any atom is -0.460 e. The van der Waals surface area contributed by atoms with Gasteiger partial charge in [-0.1, -0.05) is 28.1 Å². The molecule has 0 aliphatic heterocycles. The quantitative estimate of drug-likeness (QED) is 0.492. The fourth-order valence-corrected chi connectivity index (χ4v) is 2.73. The average Bonchev–Trinajstić information content (AvgIpc) is 2.48. The highest BCUT2D eigenvalue weighted by molar-refractivity contribution is 9.10. The van der Waals surface area contributed by atoms with Gasteiger partial charge in [0.1, 0.15) is 17.1 Å². The summed E-state index contributed by atoms with van der Waals surface area (Å²) in [5, 5.41) is 0.449. The van der Waals surface area contributed by atoms with Gasteiger partial charge in [0, 0.05) is 17.5 Å². The zero-order valence-electron chi connectivity index (χ0n) is 12.6. The highest BCUT2D eigenvalue weighted by atomic mass is 79.9. The third-order valence-corrected chi connectivity index (χ3v) is 3.96. The molecule has 23 heavy (non-hydrogen) atoms. The van der Waals surface area contributed by atoms with Crippen molar-refractivity contribution in [1.29, 1.82) is 0 Å². The van der Waals surface area contributed by atoms with E-state index in [4.69, 9.17) is 9.15 Å². The van der Waals surface area contributed by atoms with Crippen LogP contribution in [0.4, 0.5) is 0 Å². The Bertz CT molecular complexity index is 955. The van der Waals surface area contributed by atoms with Crippen molar-refractivity contribution in [3.63, 3.8) is 0 Å². The van der Waals surface area contributed by atoms with Crippen molar-refractivity contribution in [1.82, 2.24) is 0 Å². The van der Waals surface area contributed by atoms with Crippen LogP contribution in [0.5, 0.6) is 5.75 Å². The van der Waals surface area contributed by atoms with Crippen molar-refractivity contribution in [3.05, 3.63) is 62.9 Å². The van der Waals surface area contributed by atoms with Gasteiger partial charge in [0.05, 0.1) is 10.9 Å². The Morgan fingerprint density at radius 1 is 1.13 bits per heavy atom. The minimum atomic E-state index is -0.421. The monoisotopic (exact) mass is 372 g/mol. The lowest BCUT2D eigenvalue weighted by Crippen LogP contribution is -2.08. The molecule has 116 valence electrons. The maximum Gasteiger partial charge on any atom is 0.308 e. The molecule has 2 aromatic carbocycles. The number of esters is 1. The first-order chi connectivity index (χ1) is 11.0. The van der Waals surface area contributed by atoms with Crippen molar-refractivity contribution in [2.24, 2.45) is 0 Å². The second-order valence-corrected chi connectivity index (χ2v) is 6.04. The number of hydrogen-bond acceptors (Lipinski definition) is 4. The molecule has 3 rings (SSSR count). The molecular formula is C18H13BrO4. The number of halogens is 1. The van der Waals surface area contributed by atoms with Crippen molar-refractivity contribution in [3.8, 4) is 16.9 Å². The zero-order valence-corrected chi connectivity index (χ0v) is 14.1. The molecule has 4 nitrogen and oxygen atoms in total.